The Balaban J connectivity index is 1.75. The van der Waals surface area contributed by atoms with E-state index in [0.29, 0.717) is 5.56 Å². The number of carbonyl (C=O) groups excluding carboxylic acids is 2. The van der Waals surface area contributed by atoms with Gasteiger partial charge in [-0.05, 0) is 39.7 Å². The molecule has 0 radical (unpaired) electrons. The lowest BCUT2D eigenvalue weighted by atomic mass is 10.00. The van der Waals surface area contributed by atoms with E-state index in [1.807, 2.05) is 42.5 Å². The molecule has 1 unspecified atom stereocenters. The van der Waals surface area contributed by atoms with Crippen LogP contribution >= 0.6 is 0 Å². The van der Waals surface area contributed by atoms with E-state index >= 15 is 0 Å². The van der Waals surface area contributed by atoms with Gasteiger partial charge in [-0.2, -0.15) is 0 Å². The van der Waals surface area contributed by atoms with E-state index in [-0.39, 0.29) is 19.0 Å². The Labute approximate surface area is 132 Å². The van der Waals surface area contributed by atoms with Crippen molar-refractivity contribution < 1.29 is 19.1 Å². The first-order valence-electron chi connectivity index (χ1n) is 7.49. The van der Waals surface area contributed by atoms with E-state index in [1.165, 1.54) is 0 Å². The molecule has 0 N–H and O–H groups in total. The van der Waals surface area contributed by atoms with Gasteiger partial charge in [0.15, 0.2) is 0 Å². The zero-order valence-corrected chi connectivity index (χ0v) is 12.3. The Kier molecular flexibility index (Phi) is 3.23. The highest BCUT2D eigenvalue weighted by Crippen LogP contribution is 2.26. The minimum absolute atomic E-state index is 0.124. The molecule has 3 aromatic rings. The van der Waals surface area contributed by atoms with Gasteiger partial charge in [0.05, 0.1) is 12.0 Å². The van der Waals surface area contributed by atoms with Crippen LogP contribution in [0.1, 0.15) is 16.8 Å². The van der Waals surface area contributed by atoms with E-state index in [2.05, 4.69) is 6.07 Å². The zero-order valence-electron chi connectivity index (χ0n) is 12.3. The van der Waals surface area contributed by atoms with Gasteiger partial charge in [0.1, 0.15) is 12.7 Å². The van der Waals surface area contributed by atoms with E-state index in [9.17, 15) is 9.59 Å². The van der Waals surface area contributed by atoms with E-state index in [4.69, 9.17) is 9.47 Å². The van der Waals surface area contributed by atoms with Crippen LogP contribution in [0.2, 0.25) is 0 Å². The molecule has 4 heteroatoms. The van der Waals surface area contributed by atoms with Crippen molar-refractivity contribution in [2.24, 2.45) is 0 Å². The Morgan fingerprint density at radius 3 is 2.48 bits per heavy atom. The molecule has 3 aromatic carbocycles. The number of carbonyl (C=O) groups is 2. The van der Waals surface area contributed by atoms with Gasteiger partial charge in [-0.1, -0.05) is 36.4 Å². The van der Waals surface area contributed by atoms with Gasteiger partial charge in [-0.3, -0.25) is 4.79 Å². The summed E-state index contributed by atoms with van der Waals surface area (Å²) in [7, 11) is 0. The number of cyclic esters (lactones) is 1. The maximum absolute atomic E-state index is 12.5. The highest BCUT2D eigenvalue weighted by Gasteiger charge is 2.28. The largest absolute Gasteiger partial charge is 0.462 e. The maximum atomic E-state index is 12.5. The summed E-state index contributed by atoms with van der Waals surface area (Å²) in [6, 6.07) is 17.6. The number of rotatable bonds is 2. The first kappa shape index (κ1) is 13.8. The summed E-state index contributed by atoms with van der Waals surface area (Å²) in [5.41, 5.74) is 0.507. The molecule has 0 aliphatic carbocycles. The Bertz CT molecular complexity index is 929. The second-order valence-electron chi connectivity index (χ2n) is 5.64. The standard InChI is InChI=1S/C19H14O4/c20-18-10-15(11-22-18)23-19(21)16-7-3-6-14-8-12-4-1-2-5-13(12)9-17(14)16/h1-9,15H,10-11H2. The fourth-order valence-electron chi connectivity index (χ4n) is 2.93. The molecule has 4 rings (SSSR count). The summed E-state index contributed by atoms with van der Waals surface area (Å²) in [6.07, 6.45) is -0.370. The van der Waals surface area contributed by atoms with Crippen LogP contribution in [0.3, 0.4) is 0 Å². The highest BCUT2D eigenvalue weighted by molar-refractivity contribution is 6.09. The molecule has 1 atom stereocenters. The molecule has 1 saturated heterocycles. The van der Waals surface area contributed by atoms with Crippen molar-refractivity contribution >= 4 is 33.5 Å². The Hall–Kier alpha value is -2.88. The van der Waals surface area contributed by atoms with E-state index in [0.717, 1.165) is 21.5 Å². The van der Waals surface area contributed by atoms with Crippen LogP contribution < -0.4 is 0 Å². The van der Waals surface area contributed by atoms with Crippen molar-refractivity contribution in [2.75, 3.05) is 6.61 Å². The molecule has 0 aromatic heterocycles. The van der Waals surface area contributed by atoms with Crippen LogP contribution in [-0.4, -0.2) is 24.6 Å². The van der Waals surface area contributed by atoms with Crippen LogP contribution in [0.5, 0.6) is 0 Å². The summed E-state index contributed by atoms with van der Waals surface area (Å²) in [5, 5.41) is 4.03. The van der Waals surface area contributed by atoms with Crippen LogP contribution in [0, 0.1) is 0 Å². The Morgan fingerprint density at radius 2 is 1.74 bits per heavy atom. The first-order chi connectivity index (χ1) is 11.2. The smallest absolute Gasteiger partial charge is 0.339 e. The van der Waals surface area contributed by atoms with E-state index in [1.54, 1.807) is 6.07 Å². The topological polar surface area (TPSA) is 52.6 Å². The second kappa shape index (κ2) is 5.39. The molecular formula is C19H14O4. The lowest BCUT2D eigenvalue weighted by Gasteiger charge is -2.11. The summed E-state index contributed by atoms with van der Waals surface area (Å²) in [6.45, 7) is 0.137. The van der Waals surface area contributed by atoms with Crippen molar-refractivity contribution in [3.63, 3.8) is 0 Å². The number of ether oxygens (including phenoxy) is 2. The molecule has 1 heterocycles. The number of esters is 2. The van der Waals surface area contributed by atoms with Gasteiger partial charge in [-0.15, -0.1) is 0 Å². The van der Waals surface area contributed by atoms with Crippen molar-refractivity contribution in [2.45, 2.75) is 12.5 Å². The SMILES string of the molecule is O=C1CC(OC(=O)c2cccc3cc4ccccc4cc23)CO1. The first-order valence-corrected chi connectivity index (χ1v) is 7.49. The van der Waals surface area contributed by atoms with Crippen LogP contribution in [0.4, 0.5) is 0 Å². The van der Waals surface area contributed by atoms with Crippen molar-refractivity contribution in [1.29, 1.82) is 0 Å². The molecular weight excluding hydrogens is 292 g/mol. The minimum Gasteiger partial charge on any atom is -0.462 e. The van der Waals surface area contributed by atoms with Gasteiger partial charge in [0, 0.05) is 0 Å². The quantitative estimate of drug-likeness (QED) is 0.537. The number of fused-ring (bicyclic) bond motifs is 2. The normalized spacial score (nSPS) is 17.4. The lowest BCUT2D eigenvalue weighted by Crippen LogP contribution is -2.18. The summed E-state index contributed by atoms with van der Waals surface area (Å²) < 4.78 is 10.2. The fourth-order valence-corrected chi connectivity index (χ4v) is 2.93. The third-order valence-electron chi connectivity index (χ3n) is 4.06. The Morgan fingerprint density at radius 1 is 1.00 bits per heavy atom. The van der Waals surface area contributed by atoms with Crippen LogP contribution in [0.15, 0.2) is 54.6 Å². The molecule has 4 nitrogen and oxygen atoms in total. The molecule has 0 saturated carbocycles. The number of hydrogen-bond acceptors (Lipinski definition) is 4. The molecule has 1 fully saturated rings. The molecule has 1 aliphatic heterocycles. The molecule has 0 amide bonds. The van der Waals surface area contributed by atoms with Gasteiger partial charge < -0.3 is 9.47 Å². The van der Waals surface area contributed by atoms with Gasteiger partial charge in [0.25, 0.3) is 0 Å². The molecule has 0 spiro atoms. The second-order valence-corrected chi connectivity index (χ2v) is 5.64. The van der Waals surface area contributed by atoms with Crippen LogP contribution in [0.25, 0.3) is 21.5 Å². The number of benzene rings is 3. The maximum Gasteiger partial charge on any atom is 0.339 e. The van der Waals surface area contributed by atoms with E-state index < -0.39 is 12.1 Å². The molecule has 1 aliphatic rings. The van der Waals surface area contributed by atoms with Crippen molar-refractivity contribution in [3.05, 3.63) is 60.2 Å². The monoisotopic (exact) mass is 306 g/mol. The molecule has 0 bridgehead atoms. The van der Waals surface area contributed by atoms with Gasteiger partial charge in [-0.25, -0.2) is 4.79 Å². The average Bonchev–Trinajstić information content (AvgIpc) is 2.97. The average molecular weight is 306 g/mol. The number of hydrogen-bond donors (Lipinski definition) is 0. The van der Waals surface area contributed by atoms with Crippen molar-refractivity contribution in [3.8, 4) is 0 Å². The van der Waals surface area contributed by atoms with Gasteiger partial charge >= 0.3 is 11.9 Å². The molecule has 114 valence electrons. The zero-order chi connectivity index (χ0) is 15.8. The van der Waals surface area contributed by atoms with Crippen molar-refractivity contribution in [1.82, 2.24) is 0 Å². The highest BCUT2D eigenvalue weighted by atomic mass is 16.6. The summed E-state index contributed by atoms with van der Waals surface area (Å²) in [4.78, 5) is 23.6. The van der Waals surface area contributed by atoms with Crippen LogP contribution in [-0.2, 0) is 14.3 Å². The van der Waals surface area contributed by atoms with Gasteiger partial charge in [0.2, 0.25) is 0 Å². The minimum atomic E-state index is -0.495. The predicted molar refractivity (Wildman–Crippen MR) is 86.2 cm³/mol. The summed E-state index contributed by atoms with van der Waals surface area (Å²) >= 11 is 0. The predicted octanol–water partition coefficient (Wildman–Crippen LogP) is 3.47. The lowest BCUT2D eigenvalue weighted by molar-refractivity contribution is -0.137. The third kappa shape index (κ3) is 2.52. The third-order valence-corrected chi connectivity index (χ3v) is 4.06. The summed E-state index contributed by atoms with van der Waals surface area (Å²) in [5.74, 6) is -0.749. The fraction of sp³-hybridized carbons (Fsp3) is 0.158. The molecule has 23 heavy (non-hydrogen) atoms.